The fourth-order valence-electron chi connectivity index (χ4n) is 2.41. The van der Waals surface area contributed by atoms with Gasteiger partial charge in [-0.1, -0.05) is 6.42 Å². The van der Waals surface area contributed by atoms with Crippen LogP contribution in [0.2, 0.25) is 0 Å². The van der Waals surface area contributed by atoms with Gasteiger partial charge in [0.2, 0.25) is 0 Å². The molecule has 1 saturated carbocycles. The van der Waals surface area contributed by atoms with Gasteiger partial charge in [-0.3, -0.25) is 0 Å². The predicted molar refractivity (Wildman–Crippen MR) is 62.7 cm³/mol. The number of aromatic amines is 1. The smallest absolute Gasteiger partial charge is 0.0220 e. The Morgan fingerprint density at radius 1 is 1.40 bits per heavy atom. The average Bonchev–Trinajstić information content (AvgIpc) is 2.67. The molecular formula is C12H21N3. The van der Waals surface area contributed by atoms with Gasteiger partial charge in [0.25, 0.3) is 0 Å². The molecule has 0 radical (unpaired) electrons. The summed E-state index contributed by atoms with van der Waals surface area (Å²) in [5.74, 6) is 0. The lowest BCUT2D eigenvalue weighted by Gasteiger charge is -2.42. The van der Waals surface area contributed by atoms with Gasteiger partial charge < -0.3 is 15.6 Å². The molecule has 2 rings (SSSR count). The predicted octanol–water partition coefficient (Wildman–Crippen LogP) is 1.49. The molecule has 1 heterocycles. The maximum absolute atomic E-state index is 3.56. The van der Waals surface area contributed by atoms with E-state index < -0.39 is 0 Å². The van der Waals surface area contributed by atoms with Crippen LogP contribution in [0.3, 0.4) is 0 Å². The van der Waals surface area contributed by atoms with Gasteiger partial charge in [-0.15, -0.1) is 0 Å². The summed E-state index contributed by atoms with van der Waals surface area (Å²) in [4.78, 5) is 3.08. The molecule has 3 N–H and O–H groups in total. The van der Waals surface area contributed by atoms with Crippen molar-refractivity contribution in [3.05, 3.63) is 24.0 Å². The van der Waals surface area contributed by atoms with Gasteiger partial charge in [-0.25, -0.2) is 0 Å². The lowest BCUT2D eigenvalue weighted by atomic mass is 9.68. The van der Waals surface area contributed by atoms with Crippen LogP contribution >= 0.6 is 0 Å². The first kappa shape index (κ1) is 10.7. The van der Waals surface area contributed by atoms with Crippen LogP contribution < -0.4 is 10.6 Å². The van der Waals surface area contributed by atoms with E-state index in [0.717, 1.165) is 19.6 Å². The standard InChI is InChI=1S/C12H21N3/c1-13-9-12(4-2-5-12)10-15-8-11-3-6-14-7-11/h3,6-7,13-15H,2,4-5,8-10H2,1H3. The number of aromatic nitrogens is 1. The average molecular weight is 207 g/mol. The summed E-state index contributed by atoms with van der Waals surface area (Å²) in [7, 11) is 2.05. The number of rotatable bonds is 6. The van der Waals surface area contributed by atoms with Crippen molar-refractivity contribution in [1.82, 2.24) is 15.6 Å². The van der Waals surface area contributed by atoms with Crippen molar-refractivity contribution in [3.63, 3.8) is 0 Å². The maximum atomic E-state index is 3.56. The SMILES string of the molecule is CNCC1(CNCc2cc[nH]c2)CCC1. The van der Waals surface area contributed by atoms with Crippen molar-refractivity contribution < 1.29 is 0 Å². The molecule has 84 valence electrons. The van der Waals surface area contributed by atoms with Gasteiger partial charge in [0.15, 0.2) is 0 Å². The van der Waals surface area contributed by atoms with E-state index in [1.807, 2.05) is 13.2 Å². The topological polar surface area (TPSA) is 39.8 Å². The van der Waals surface area contributed by atoms with E-state index in [-0.39, 0.29) is 0 Å². The molecule has 0 aromatic carbocycles. The van der Waals surface area contributed by atoms with E-state index in [2.05, 4.69) is 27.9 Å². The minimum absolute atomic E-state index is 0.533. The molecule has 1 aromatic rings. The van der Waals surface area contributed by atoms with Crippen LogP contribution in [0.15, 0.2) is 18.5 Å². The molecule has 0 amide bonds. The lowest BCUT2D eigenvalue weighted by Crippen LogP contribution is -2.46. The van der Waals surface area contributed by atoms with E-state index >= 15 is 0 Å². The van der Waals surface area contributed by atoms with Crippen molar-refractivity contribution in [2.24, 2.45) is 5.41 Å². The fourth-order valence-corrected chi connectivity index (χ4v) is 2.41. The van der Waals surface area contributed by atoms with Crippen molar-refractivity contribution >= 4 is 0 Å². The van der Waals surface area contributed by atoms with E-state index in [4.69, 9.17) is 0 Å². The molecule has 0 unspecified atom stereocenters. The van der Waals surface area contributed by atoms with E-state index in [1.54, 1.807) is 0 Å². The van der Waals surface area contributed by atoms with Gasteiger partial charge in [-0.05, 0) is 36.9 Å². The highest BCUT2D eigenvalue weighted by atomic mass is 14.9. The number of H-pyrrole nitrogens is 1. The zero-order chi connectivity index (χ0) is 10.6. The molecule has 1 aromatic heterocycles. The van der Waals surface area contributed by atoms with E-state index in [9.17, 15) is 0 Å². The highest BCUT2D eigenvalue weighted by molar-refractivity contribution is 5.07. The number of nitrogens with one attached hydrogen (secondary N) is 3. The Kier molecular flexibility index (Phi) is 3.44. The summed E-state index contributed by atoms with van der Waals surface area (Å²) in [6.07, 6.45) is 8.16. The van der Waals surface area contributed by atoms with Crippen molar-refractivity contribution in [2.75, 3.05) is 20.1 Å². The Balaban J connectivity index is 1.72. The first-order valence-electron chi connectivity index (χ1n) is 5.82. The van der Waals surface area contributed by atoms with Crippen LogP contribution in [0, 0.1) is 5.41 Å². The first-order valence-corrected chi connectivity index (χ1v) is 5.82. The molecule has 0 saturated heterocycles. The van der Waals surface area contributed by atoms with Crippen LogP contribution in [-0.4, -0.2) is 25.1 Å². The fraction of sp³-hybridized carbons (Fsp3) is 0.667. The van der Waals surface area contributed by atoms with Crippen LogP contribution in [0.5, 0.6) is 0 Å². The van der Waals surface area contributed by atoms with Crippen molar-refractivity contribution in [1.29, 1.82) is 0 Å². The highest BCUT2D eigenvalue weighted by Crippen LogP contribution is 2.39. The zero-order valence-electron chi connectivity index (χ0n) is 9.47. The van der Waals surface area contributed by atoms with E-state index in [0.29, 0.717) is 5.41 Å². The van der Waals surface area contributed by atoms with Gasteiger partial charge in [0.05, 0.1) is 0 Å². The summed E-state index contributed by atoms with van der Waals surface area (Å²) >= 11 is 0. The second kappa shape index (κ2) is 4.81. The monoisotopic (exact) mass is 207 g/mol. The normalized spacial score (nSPS) is 18.7. The summed E-state index contributed by atoms with van der Waals surface area (Å²) in [5.41, 5.74) is 1.87. The largest absolute Gasteiger partial charge is 0.367 e. The van der Waals surface area contributed by atoms with Crippen LogP contribution in [0.1, 0.15) is 24.8 Å². The number of hydrogen-bond donors (Lipinski definition) is 3. The number of hydrogen-bond acceptors (Lipinski definition) is 2. The third-order valence-corrected chi connectivity index (χ3v) is 3.46. The van der Waals surface area contributed by atoms with Crippen molar-refractivity contribution in [2.45, 2.75) is 25.8 Å². The van der Waals surface area contributed by atoms with Gasteiger partial charge in [0, 0.05) is 32.0 Å². The molecule has 1 aliphatic carbocycles. The van der Waals surface area contributed by atoms with E-state index in [1.165, 1.54) is 24.8 Å². The second-order valence-electron chi connectivity index (χ2n) is 4.71. The molecule has 15 heavy (non-hydrogen) atoms. The van der Waals surface area contributed by atoms with Crippen LogP contribution in [0.25, 0.3) is 0 Å². The molecule has 1 aliphatic rings. The Hall–Kier alpha value is -0.800. The zero-order valence-corrected chi connectivity index (χ0v) is 9.47. The first-order chi connectivity index (χ1) is 7.35. The van der Waals surface area contributed by atoms with Gasteiger partial charge >= 0.3 is 0 Å². The quantitative estimate of drug-likeness (QED) is 0.661. The summed E-state index contributed by atoms with van der Waals surface area (Å²) in [6, 6.07) is 2.12. The second-order valence-corrected chi connectivity index (χ2v) is 4.71. The molecule has 0 atom stereocenters. The minimum atomic E-state index is 0.533. The maximum Gasteiger partial charge on any atom is 0.0220 e. The Morgan fingerprint density at radius 3 is 2.80 bits per heavy atom. The van der Waals surface area contributed by atoms with Gasteiger partial charge in [0.1, 0.15) is 0 Å². The molecule has 0 spiro atoms. The third-order valence-electron chi connectivity index (χ3n) is 3.46. The summed E-state index contributed by atoms with van der Waals surface area (Å²) < 4.78 is 0. The molecule has 0 aliphatic heterocycles. The minimum Gasteiger partial charge on any atom is -0.367 e. The molecule has 1 fully saturated rings. The third kappa shape index (κ3) is 2.61. The molecule has 3 nitrogen and oxygen atoms in total. The Bertz CT molecular complexity index is 275. The lowest BCUT2D eigenvalue weighted by molar-refractivity contribution is 0.130. The van der Waals surface area contributed by atoms with Crippen LogP contribution in [0.4, 0.5) is 0 Å². The molecular weight excluding hydrogens is 186 g/mol. The Morgan fingerprint density at radius 2 is 2.27 bits per heavy atom. The van der Waals surface area contributed by atoms with Crippen LogP contribution in [-0.2, 0) is 6.54 Å². The Labute approximate surface area is 91.7 Å². The highest BCUT2D eigenvalue weighted by Gasteiger charge is 2.35. The summed E-state index contributed by atoms with van der Waals surface area (Å²) in [6.45, 7) is 3.27. The molecule has 0 bridgehead atoms. The molecule has 3 heteroatoms. The summed E-state index contributed by atoms with van der Waals surface area (Å²) in [5, 5.41) is 6.86. The van der Waals surface area contributed by atoms with Crippen molar-refractivity contribution in [3.8, 4) is 0 Å². The van der Waals surface area contributed by atoms with Gasteiger partial charge in [-0.2, -0.15) is 0 Å².